The highest BCUT2D eigenvalue weighted by atomic mass is 32.1. The number of hydrogen-bond acceptors (Lipinski definition) is 4. The van der Waals surface area contributed by atoms with E-state index in [4.69, 9.17) is 0 Å². The van der Waals surface area contributed by atoms with E-state index in [-0.39, 0.29) is 0 Å². The largest absolute Gasteiger partial charge is 0.342 e. The fourth-order valence-corrected chi connectivity index (χ4v) is 5.10. The molecule has 0 bridgehead atoms. The summed E-state index contributed by atoms with van der Waals surface area (Å²) in [7, 11) is 0. The fourth-order valence-electron chi connectivity index (χ4n) is 4.45. The van der Waals surface area contributed by atoms with E-state index in [0.717, 1.165) is 43.6 Å². The monoisotopic (exact) mass is 342 g/mol. The van der Waals surface area contributed by atoms with Gasteiger partial charge in [0.15, 0.2) is 0 Å². The first-order valence-electron chi connectivity index (χ1n) is 8.98. The zero-order valence-electron chi connectivity index (χ0n) is 13.7. The molecule has 2 saturated carbocycles. The number of piperidine rings is 1. The zero-order valence-corrected chi connectivity index (χ0v) is 14.5. The van der Waals surface area contributed by atoms with E-state index < -0.39 is 0 Å². The standard InChI is InChI=1S/C18H22N4OS/c23-17(15-10-18(15)5-1-6-18)21-7-2-14(3-8-21)22-11-16(19-20-22)13-4-9-24-12-13/h4,9,11-12,14-15H,1-3,5-8,10H2. The van der Waals surface area contributed by atoms with Crippen LogP contribution in [0.4, 0.5) is 0 Å². The Kier molecular flexibility index (Phi) is 3.30. The van der Waals surface area contributed by atoms with Gasteiger partial charge in [-0.05, 0) is 49.0 Å². The maximum Gasteiger partial charge on any atom is 0.226 e. The molecule has 6 heteroatoms. The summed E-state index contributed by atoms with van der Waals surface area (Å²) in [5.41, 5.74) is 2.52. The molecule has 2 aromatic rings. The van der Waals surface area contributed by atoms with Crippen LogP contribution >= 0.6 is 11.3 Å². The van der Waals surface area contributed by atoms with Crippen LogP contribution in [0.1, 0.15) is 44.6 Å². The molecule has 3 aliphatic rings. The van der Waals surface area contributed by atoms with Crippen molar-refractivity contribution in [1.82, 2.24) is 19.9 Å². The van der Waals surface area contributed by atoms with Crippen LogP contribution in [-0.4, -0.2) is 38.9 Å². The van der Waals surface area contributed by atoms with Gasteiger partial charge in [0.25, 0.3) is 0 Å². The molecular weight excluding hydrogens is 320 g/mol. The SMILES string of the molecule is O=C(C1CC12CCC2)N1CCC(n2cc(-c3ccsc3)nn2)CC1. The van der Waals surface area contributed by atoms with Crippen LogP contribution in [0.2, 0.25) is 0 Å². The molecule has 0 aromatic carbocycles. The number of hydrogen-bond donors (Lipinski definition) is 0. The van der Waals surface area contributed by atoms with Gasteiger partial charge in [0.2, 0.25) is 5.91 Å². The van der Waals surface area contributed by atoms with E-state index >= 15 is 0 Å². The Labute approximate surface area is 145 Å². The van der Waals surface area contributed by atoms with Gasteiger partial charge in [-0.1, -0.05) is 11.6 Å². The molecule has 5 nitrogen and oxygen atoms in total. The van der Waals surface area contributed by atoms with E-state index in [1.54, 1.807) is 11.3 Å². The lowest BCUT2D eigenvalue weighted by Gasteiger charge is -2.34. The molecular formula is C18H22N4OS. The first-order valence-corrected chi connectivity index (χ1v) is 9.93. The number of amides is 1. The second kappa shape index (κ2) is 5.41. The van der Waals surface area contributed by atoms with E-state index in [1.165, 1.54) is 19.3 Å². The van der Waals surface area contributed by atoms with E-state index in [1.807, 2.05) is 4.68 Å². The van der Waals surface area contributed by atoms with Gasteiger partial charge in [-0.15, -0.1) is 5.10 Å². The number of aromatic nitrogens is 3. The summed E-state index contributed by atoms with van der Waals surface area (Å²) in [6.45, 7) is 1.73. The lowest BCUT2D eigenvalue weighted by molar-refractivity contribution is -0.135. The van der Waals surface area contributed by atoms with Crippen molar-refractivity contribution in [2.75, 3.05) is 13.1 Å². The Balaban J connectivity index is 1.20. The highest BCUT2D eigenvalue weighted by Crippen LogP contribution is 2.66. The maximum atomic E-state index is 12.7. The number of carbonyl (C=O) groups excluding carboxylic acids is 1. The Morgan fingerprint density at radius 1 is 1.29 bits per heavy atom. The first kappa shape index (κ1) is 14.6. The van der Waals surface area contributed by atoms with Crippen LogP contribution in [-0.2, 0) is 4.79 Å². The van der Waals surface area contributed by atoms with Crippen LogP contribution < -0.4 is 0 Å². The van der Waals surface area contributed by atoms with Crippen LogP contribution in [0, 0.1) is 11.3 Å². The molecule has 1 aliphatic heterocycles. The molecule has 0 radical (unpaired) electrons. The zero-order chi connectivity index (χ0) is 16.1. The number of rotatable bonds is 3. The van der Waals surface area contributed by atoms with Gasteiger partial charge < -0.3 is 4.90 Å². The van der Waals surface area contributed by atoms with Crippen LogP contribution in [0.25, 0.3) is 11.3 Å². The number of nitrogens with zero attached hydrogens (tertiary/aromatic N) is 4. The summed E-state index contributed by atoms with van der Waals surface area (Å²) in [5, 5.41) is 12.8. The van der Waals surface area contributed by atoms with Crippen LogP contribution in [0.5, 0.6) is 0 Å². The Morgan fingerprint density at radius 3 is 2.75 bits per heavy atom. The molecule has 126 valence electrons. The van der Waals surface area contributed by atoms with E-state index in [9.17, 15) is 4.79 Å². The molecule has 3 heterocycles. The molecule has 3 fully saturated rings. The summed E-state index contributed by atoms with van der Waals surface area (Å²) < 4.78 is 2.00. The van der Waals surface area contributed by atoms with Gasteiger partial charge in [0.1, 0.15) is 5.69 Å². The normalized spacial score (nSPS) is 25.7. The molecule has 24 heavy (non-hydrogen) atoms. The topological polar surface area (TPSA) is 51.0 Å². The lowest BCUT2D eigenvalue weighted by Crippen LogP contribution is -2.41. The summed E-state index contributed by atoms with van der Waals surface area (Å²) in [6, 6.07) is 2.44. The minimum absolute atomic E-state index is 0.347. The quantitative estimate of drug-likeness (QED) is 0.859. The van der Waals surface area contributed by atoms with Gasteiger partial charge in [-0.3, -0.25) is 4.79 Å². The number of likely N-dealkylation sites (tertiary alicyclic amines) is 1. The third-order valence-electron chi connectivity index (χ3n) is 6.31. The minimum Gasteiger partial charge on any atom is -0.342 e. The smallest absolute Gasteiger partial charge is 0.226 e. The van der Waals surface area contributed by atoms with E-state index in [0.29, 0.717) is 23.3 Å². The predicted molar refractivity (Wildman–Crippen MR) is 92.6 cm³/mol. The van der Waals surface area contributed by atoms with E-state index in [2.05, 4.69) is 38.2 Å². The van der Waals surface area contributed by atoms with Crippen LogP contribution in [0.3, 0.4) is 0 Å². The summed E-state index contributed by atoms with van der Waals surface area (Å²) in [5.74, 6) is 0.769. The second-order valence-corrected chi connectivity index (χ2v) is 8.40. The summed E-state index contributed by atoms with van der Waals surface area (Å²) in [4.78, 5) is 14.8. The lowest BCUT2D eigenvalue weighted by atomic mass is 9.79. The first-order chi connectivity index (χ1) is 11.8. The van der Waals surface area contributed by atoms with Crippen molar-refractivity contribution in [2.24, 2.45) is 11.3 Å². The molecule has 1 saturated heterocycles. The predicted octanol–water partition coefficient (Wildman–Crippen LogP) is 3.36. The molecule has 0 N–H and O–H groups in total. The highest BCUT2D eigenvalue weighted by molar-refractivity contribution is 7.08. The van der Waals surface area contributed by atoms with Crippen molar-refractivity contribution < 1.29 is 4.79 Å². The van der Waals surface area contributed by atoms with Crippen LogP contribution in [0.15, 0.2) is 23.0 Å². The summed E-state index contributed by atoms with van der Waals surface area (Å²) >= 11 is 1.68. The molecule has 1 amide bonds. The molecule has 2 aliphatic carbocycles. The van der Waals surface area contributed by atoms with Crippen molar-refractivity contribution in [2.45, 2.75) is 44.6 Å². The van der Waals surface area contributed by atoms with Crippen molar-refractivity contribution in [1.29, 1.82) is 0 Å². The maximum absolute atomic E-state index is 12.7. The minimum atomic E-state index is 0.347. The van der Waals surface area contributed by atoms with Gasteiger partial charge in [-0.2, -0.15) is 11.3 Å². The Bertz CT molecular complexity index is 741. The summed E-state index contributed by atoms with van der Waals surface area (Å²) in [6.07, 6.45) is 9.06. The van der Waals surface area contributed by atoms with Crippen molar-refractivity contribution in [3.8, 4) is 11.3 Å². The number of thiophene rings is 1. The van der Waals surface area contributed by atoms with Gasteiger partial charge in [0.05, 0.1) is 12.2 Å². The van der Waals surface area contributed by atoms with Crippen molar-refractivity contribution in [3.63, 3.8) is 0 Å². The number of carbonyl (C=O) groups is 1. The third-order valence-corrected chi connectivity index (χ3v) is 7.00. The van der Waals surface area contributed by atoms with Crippen molar-refractivity contribution in [3.05, 3.63) is 23.0 Å². The van der Waals surface area contributed by atoms with Gasteiger partial charge in [-0.25, -0.2) is 4.68 Å². The average molecular weight is 342 g/mol. The van der Waals surface area contributed by atoms with Gasteiger partial charge >= 0.3 is 0 Å². The fraction of sp³-hybridized carbons (Fsp3) is 0.611. The molecule has 1 spiro atoms. The molecule has 5 rings (SSSR count). The molecule has 1 atom stereocenters. The molecule has 2 aromatic heterocycles. The highest BCUT2D eigenvalue weighted by Gasteiger charge is 2.61. The average Bonchev–Trinajstić information content (AvgIpc) is 2.94. The third kappa shape index (κ3) is 2.31. The Hall–Kier alpha value is -1.69. The molecule has 1 unspecified atom stereocenters. The van der Waals surface area contributed by atoms with Crippen molar-refractivity contribution >= 4 is 17.2 Å². The van der Waals surface area contributed by atoms with Gasteiger partial charge in [0, 0.05) is 30.0 Å². The Morgan fingerprint density at radius 2 is 2.12 bits per heavy atom. The second-order valence-electron chi connectivity index (χ2n) is 7.62.